The number of hydrogen-bond acceptors (Lipinski definition) is 3. The third-order valence-corrected chi connectivity index (χ3v) is 5.52. The quantitative estimate of drug-likeness (QED) is 0.684. The van der Waals surface area contributed by atoms with Crippen LogP contribution in [0.2, 0.25) is 0 Å². The van der Waals surface area contributed by atoms with Crippen molar-refractivity contribution >= 4 is 5.91 Å². The number of ether oxygens (including phenoxy) is 2. The number of hydrogen-bond donors (Lipinski definition) is 0. The Labute approximate surface area is 168 Å². The molecule has 1 aliphatic rings. The van der Waals surface area contributed by atoms with E-state index in [9.17, 15) is 4.79 Å². The monoisotopic (exact) mass is 381 g/mol. The van der Waals surface area contributed by atoms with Crippen molar-refractivity contribution in [2.24, 2.45) is 5.92 Å². The zero-order valence-corrected chi connectivity index (χ0v) is 17.4. The first-order valence-corrected chi connectivity index (χ1v) is 10.2. The Kier molecular flexibility index (Phi) is 6.61. The molecule has 1 saturated heterocycles. The number of methoxy groups -OCH3 is 1. The Balaban J connectivity index is 1.77. The second-order valence-corrected chi connectivity index (χ2v) is 7.98. The van der Waals surface area contributed by atoms with Gasteiger partial charge in [0.05, 0.1) is 7.11 Å². The van der Waals surface area contributed by atoms with Gasteiger partial charge in [-0.1, -0.05) is 39.0 Å². The maximum absolute atomic E-state index is 12.9. The molecule has 0 bridgehead atoms. The molecule has 0 spiro atoms. The Morgan fingerprint density at radius 2 is 1.82 bits per heavy atom. The molecule has 1 aliphatic heterocycles. The van der Waals surface area contributed by atoms with E-state index >= 15 is 0 Å². The van der Waals surface area contributed by atoms with Gasteiger partial charge in [-0.15, -0.1) is 0 Å². The minimum Gasteiger partial charge on any atom is -0.496 e. The maximum atomic E-state index is 12.9. The standard InChI is InChI=1S/C24H31NO3/c1-17(2)21-7-5-6-8-23(21)28-16-20-15-19(9-10-22(20)27-4)24(26)25-13-11-18(3)12-14-25/h5-10,15,17-18H,11-14,16H2,1-4H3. The highest BCUT2D eigenvalue weighted by Crippen LogP contribution is 2.29. The molecule has 4 heteroatoms. The van der Waals surface area contributed by atoms with E-state index in [0.29, 0.717) is 24.0 Å². The molecular formula is C24H31NO3. The van der Waals surface area contributed by atoms with Crippen LogP contribution in [0.4, 0.5) is 0 Å². The minimum atomic E-state index is 0.0957. The van der Waals surface area contributed by atoms with Crippen molar-refractivity contribution in [2.75, 3.05) is 20.2 Å². The number of carbonyl (C=O) groups excluding carboxylic acids is 1. The van der Waals surface area contributed by atoms with E-state index in [0.717, 1.165) is 43.0 Å². The minimum absolute atomic E-state index is 0.0957. The Morgan fingerprint density at radius 3 is 2.50 bits per heavy atom. The average Bonchev–Trinajstić information content (AvgIpc) is 2.72. The average molecular weight is 382 g/mol. The summed E-state index contributed by atoms with van der Waals surface area (Å²) in [7, 11) is 1.65. The van der Waals surface area contributed by atoms with Crippen LogP contribution in [0, 0.1) is 5.92 Å². The second-order valence-electron chi connectivity index (χ2n) is 7.98. The van der Waals surface area contributed by atoms with Crippen molar-refractivity contribution in [2.45, 2.75) is 46.1 Å². The molecule has 0 aliphatic carbocycles. The van der Waals surface area contributed by atoms with E-state index in [1.54, 1.807) is 7.11 Å². The van der Waals surface area contributed by atoms with Crippen LogP contribution in [0.1, 0.15) is 61.0 Å². The highest BCUT2D eigenvalue weighted by atomic mass is 16.5. The van der Waals surface area contributed by atoms with E-state index in [2.05, 4.69) is 26.8 Å². The lowest BCUT2D eigenvalue weighted by Gasteiger charge is -2.30. The smallest absolute Gasteiger partial charge is 0.253 e. The molecule has 150 valence electrons. The lowest BCUT2D eigenvalue weighted by atomic mass is 9.98. The fraction of sp³-hybridized carbons (Fsp3) is 0.458. The summed E-state index contributed by atoms with van der Waals surface area (Å²) in [5.41, 5.74) is 2.76. The fourth-order valence-corrected chi connectivity index (χ4v) is 3.66. The van der Waals surface area contributed by atoms with E-state index < -0.39 is 0 Å². The molecule has 0 saturated carbocycles. The van der Waals surface area contributed by atoms with Gasteiger partial charge in [0.15, 0.2) is 0 Å². The summed E-state index contributed by atoms with van der Waals surface area (Å²) in [6.07, 6.45) is 2.15. The van der Waals surface area contributed by atoms with Crippen molar-refractivity contribution in [3.05, 3.63) is 59.2 Å². The van der Waals surface area contributed by atoms with Crippen LogP contribution in [0.5, 0.6) is 11.5 Å². The number of nitrogens with zero attached hydrogens (tertiary/aromatic N) is 1. The van der Waals surface area contributed by atoms with Gasteiger partial charge in [-0.25, -0.2) is 0 Å². The Bertz CT molecular complexity index is 807. The topological polar surface area (TPSA) is 38.8 Å². The van der Waals surface area contributed by atoms with Crippen molar-refractivity contribution < 1.29 is 14.3 Å². The van der Waals surface area contributed by atoms with Crippen molar-refractivity contribution in [3.8, 4) is 11.5 Å². The number of para-hydroxylation sites is 1. The lowest BCUT2D eigenvalue weighted by Crippen LogP contribution is -2.37. The predicted octanol–water partition coefficient (Wildman–Crippen LogP) is 5.27. The summed E-state index contributed by atoms with van der Waals surface area (Å²) >= 11 is 0. The molecule has 0 atom stereocenters. The van der Waals surface area contributed by atoms with Crippen LogP contribution >= 0.6 is 0 Å². The first-order chi connectivity index (χ1) is 13.5. The Morgan fingerprint density at radius 1 is 1.11 bits per heavy atom. The number of piperidine rings is 1. The van der Waals surface area contributed by atoms with Gasteiger partial charge in [-0.3, -0.25) is 4.79 Å². The first-order valence-electron chi connectivity index (χ1n) is 10.2. The molecule has 4 nitrogen and oxygen atoms in total. The molecular weight excluding hydrogens is 350 g/mol. The van der Waals surface area contributed by atoms with Crippen LogP contribution in [-0.2, 0) is 6.61 Å². The lowest BCUT2D eigenvalue weighted by molar-refractivity contribution is 0.0697. The second kappa shape index (κ2) is 9.13. The summed E-state index contributed by atoms with van der Waals surface area (Å²) in [5, 5.41) is 0. The summed E-state index contributed by atoms with van der Waals surface area (Å²) < 4.78 is 11.6. The summed E-state index contributed by atoms with van der Waals surface area (Å²) in [6.45, 7) is 8.59. The van der Waals surface area contributed by atoms with Crippen LogP contribution in [0.25, 0.3) is 0 Å². The van der Waals surface area contributed by atoms with E-state index in [1.165, 1.54) is 5.56 Å². The number of amides is 1. The molecule has 1 heterocycles. The van der Waals surface area contributed by atoms with Gasteiger partial charge in [-0.2, -0.15) is 0 Å². The zero-order chi connectivity index (χ0) is 20.1. The van der Waals surface area contributed by atoms with Gasteiger partial charge in [0, 0.05) is 24.2 Å². The highest BCUT2D eigenvalue weighted by Gasteiger charge is 2.22. The van der Waals surface area contributed by atoms with Crippen LogP contribution < -0.4 is 9.47 Å². The fourth-order valence-electron chi connectivity index (χ4n) is 3.66. The van der Waals surface area contributed by atoms with Crippen LogP contribution in [0.3, 0.4) is 0 Å². The summed E-state index contributed by atoms with van der Waals surface area (Å²) in [6, 6.07) is 13.7. The van der Waals surface area contributed by atoms with Gasteiger partial charge in [0.2, 0.25) is 0 Å². The van der Waals surface area contributed by atoms with Crippen molar-refractivity contribution in [1.82, 2.24) is 4.90 Å². The highest BCUT2D eigenvalue weighted by molar-refractivity contribution is 5.94. The number of benzene rings is 2. The third kappa shape index (κ3) is 4.67. The van der Waals surface area contributed by atoms with Crippen molar-refractivity contribution in [1.29, 1.82) is 0 Å². The van der Waals surface area contributed by atoms with Crippen molar-refractivity contribution in [3.63, 3.8) is 0 Å². The van der Waals surface area contributed by atoms with E-state index in [-0.39, 0.29) is 5.91 Å². The molecule has 2 aromatic rings. The molecule has 0 aromatic heterocycles. The molecule has 0 N–H and O–H groups in total. The zero-order valence-electron chi connectivity index (χ0n) is 17.4. The molecule has 28 heavy (non-hydrogen) atoms. The molecule has 1 amide bonds. The van der Waals surface area contributed by atoms with Gasteiger partial charge >= 0.3 is 0 Å². The summed E-state index contributed by atoms with van der Waals surface area (Å²) in [4.78, 5) is 14.9. The predicted molar refractivity (Wildman–Crippen MR) is 112 cm³/mol. The molecule has 1 fully saturated rings. The summed E-state index contributed by atoms with van der Waals surface area (Å²) in [5.74, 6) is 2.79. The molecule has 3 rings (SSSR count). The third-order valence-electron chi connectivity index (χ3n) is 5.52. The van der Waals surface area contributed by atoms with E-state index in [4.69, 9.17) is 9.47 Å². The number of carbonyl (C=O) groups is 1. The normalized spacial score (nSPS) is 15.0. The number of likely N-dealkylation sites (tertiary alicyclic amines) is 1. The Hall–Kier alpha value is -2.49. The SMILES string of the molecule is COc1ccc(C(=O)N2CCC(C)CC2)cc1COc1ccccc1C(C)C. The van der Waals surface area contributed by atoms with E-state index in [1.807, 2.05) is 41.3 Å². The van der Waals surface area contributed by atoms with Crippen LogP contribution in [0.15, 0.2) is 42.5 Å². The van der Waals surface area contributed by atoms with Gasteiger partial charge in [0.1, 0.15) is 18.1 Å². The van der Waals surface area contributed by atoms with Gasteiger partial charge in [-0.05, 0) is 54.5 Å². The molecule has 2 aromatic carbocycles. The molecule has 0 radical (unpaired) electrons. The maximum Gasteiger partial charge on any atom is 0.253 e. The van der Waals surface area contributed by atoms with Crippen LogP contribution in [-0.4, -0.2) is 31.0 Å². The van der Waals surface area contributed by atoms with Gasteiger partial charge < -0.3 is 14.4 Å². The first kappa shape index (κ1) is 20.2. The molecule has 0 unspecified atom stereocenters. The largest absolute Gasteiger partial charge is 0.496 e. The van der Waals surface area contributed by atoms with Gasteiger partial charge in [0.25, 0.3) is 5.91 Å². The number of rotatable bonds is 6.